The third kappa shape index (κ3) is 2.86. The first-order chi connectivity index (χ1) is 12.7. The zero-order valence-electron chi connectivity index (χ0n) is 14.9. The van der Waals surface area contributed by atoms with Crippen molar-refractivity contribution in [3.63, 3.8) is 0 Å². The molecule has 5 heteroatoms. The van der Waals surface area contributed by atoms with E-state index in [0.29, 0.717) is 24.5 Å². The molecule has 4 rings (SSSR count). The van der Waals surface area contributed by atoms with Crippen molar-refractivity contribution in [2.45, 2.75) is 13.0 Å². The zero-order valence-corrected chi connectivity index (χ0v) is 14.9. The minimum Gasteiger partial charge on any atom is -0.493 e. The predicted octanol–water partition coefficient (Wildman–Crippen LogP) is 3.45. The lowest BCUT2D eigenvalue weighted by molar-refractivity contribution is 0.0729. The molecule has 0 radical (unpaired) electrons. The maximum absolute atomic E-state index is 12.9. The highest BCUT2D eigenvalue weighted by atomic mass is 16.5. The number of carbonyl (C=O) groups excluding carboxylic acids is 1. The molecule has 1 amide bonds. The molecule has 0 bridgehead atoms. The number of methoxy groups -OCH3 is 2. The van der Waals surface area contributed by atoms with Gasteiger partial charge in [-0.3, -0.25) is 4.79 Å². The summed E-state index contributed by atoms with van der Waals surface area (Å²) in [6, 6.07) is 15.5. The molecular weight excluding hydrogens is 328 g/mol. The van der Waals surface area contributed by atoms with Gasteiger partial charge in [-0.1, -0.05) is 24.3 Å². The van der Waals surface area contributed by atoms with Crippen LogP contribution in [0.5, 0.6) is 11.5 Å². The first kappa shape index (κ1) is 16.4. The van der Waals surface area contributed by atoms with E-state index in [1.807, 2.05) is 47.4 Å². The van der Waals surface area contributed by atoms with Crippen LogP contribution in [-0.2, 0) is 13.0 Å². The number of para-hydroxylation sites is 1. The summed E-state index contributed by atoms with van der Waals surface area (Å²) < 4.78 is 10.8. The number of hydrogen-bond acceptors (Lipinski definition) is 4. The average molecular weight is 348 g/mol. The van der Waals surface area contributed by atoms with Gasteiger partial charge in [0, 0.05) is 18.5 Å². The van der Waals surface area contributed by atoms with E-state index in [1.54, 1.807) is 20.3 Å². The molecule has 2 aromatic carbocycles. The number of hydrogen-bond donors (Lipinski definition) is 0. The number of nitrogens with zero attached hydrogens (tertiary/aromatic N) is 2. The molecule has 0 fully saturated rings. The Hall–Kier alpha value is -3.08. The quantitative estimate of drug-likeness (QED) is 0.727. The molecule has 1 aliphatic rings. The number of rotatable bonds is 3. The Morgan fingerprint density at radius 2 is 1.73 bits per heavy atom. The number of aromatic nitrogens is 1. The summed E-state index contributed by atoms with van der Waals surface area (Å²) >= 11 is 0. The minimum atomic E-state index is -0.0452. The summed E-state index contributed by atoms with van der Waals surface area (Å²) in [5, 5.41) is 1.03. The summed E-state index contributed by atoms with van der Waals surface area (Å²) in [7, 11) is 3.25. The van der Waals surface area contributed by atoms with Crippen molar-refractivity contribution in [1.82, 2.24) is 9.88 Å². The smallest absolute Gasteiger partial charge is 0.272 e. The van der Waals surface area contributed by atoms with Crippen LogP contribution < -0.4 is 9.47 Å². The van der Waals surface area contributed by atoms with Gasteiger partial charge in [-0.25, -0.2) is 4.98 Å². The van der Waals surface area contributed by atoms with E-state index in [1.165, 1.54) is 5.56 Å². The van der Waals surface area contributed by atoms with E-state index in [-0.39, 0.29) is 5.91 Å². The van der Waals surface area contributed by atoms with Gasteiger partial charge in [0.1, 0.15) is 5.69 Å². The van der Waals surface area contributed by atoms with Gasteiger partial charge in [0.2, 0.25) is 0 Å². The molecular formula is C21H20N2O3. The van der Waals surface area contributed by atoms with Gasteiger partial charge in [-0.15, -0.1) is 0 Å². The number of carbonyl (C=O) groups is 1. The number of amides is 1. The van der Waals surface area contributed by atoms with E-state index >= 15 is 0 Å². The van der Waals surface area contributed by atoms with Crippen LogP contribution in [0.15, 0.2) is 48.5 Å². The van der Waals surface area contributed by atoms with Crippen LogP contribution in [0.25, 0.3) is 10.9 Å². The Kier molecular flexibility index (Phi) is 4.21. The number of pyridine rings is 1. The highest BCUT2D eigenvalue weighted by molar-refractivity contribution is 5.95. The van der Waals surface area contributed by atoms with Crippen molar-refractivity contribution in [2.75, 3.05) is 20.8 Å². The van der Waals surface area contributed by atoms with Crippen molar-refractivity contribution < 1.29 is 14.3 Å². The molecule has 0 atom stereocenters. The van der Waals surface area contributed by atoms with E-state index in [9.17, 15) is 4.79 Å². The Balaban J connectivity index is 1.62. The van der Waals surface area contributed by atoms with Crippen LogP contribution in [0.3, 0.4) is 0 Å². The van der Waals surface area contributed by atoms with E-state index < -0.39 is 0 Å². The maximum atomic E-state index is 12.9. The molecule has 0 aliphatic carbocycles. The fourth-order valence-corrected chi connectivity index (χ4v) is 3.40. The molecule has 26 heavy (non-hydrogen) atoms. The van der Waals surface area contributed by atoms with Crippen LogP contribution in [0.2, 0.25) is 0 Å². The third-order valence-corrected chi connectivity index (χ3v) is 4.82. The Labute approximate surface area is 152 Å². The van der Waals surface area contributed by atoms with E-state index in [0.717, 1.165) is 28.6 Å². The van der Waals surface area contributed by atoms with Crippen molar-refractivity contribution >= 4 is 16.8 Å². The molecule has 132 valence electrons. The van der Waals surface area contributed by atoms with Gasteiger partial charge >= 0.3 is 0 Å². The molecule has 5 nitrogen and oxygen atoms in total. The molecule has 2 heterocycles. The first-order valence-corrected chi connectivity index (χ1v) is 8.58. The van der Waals surface area contributed by atoms with Crippen LogP contribution in [0, 0.1) is 0 Å². The molecule has 1 aliphatic heterocycles. The summed E-state index contributed by atoms with van der Waals surface area (Å²) in [6.45, 7) is 1.21. The van der Waals surface area contributed by atoms with Gasteiger partial charge < -0.3 is 14.4 Å². The fraction of sp³-hybridized carbons (Fsp3) is 0.238. The summed E-state index contributed by atoms with van der Waals surface area (Å²) in [5.74, 6) is 1.36. The second-order valence-corrected chi connectivity index (χ2v) is 6.34. The second-order valence-electron chi connectivity index (χ2n) is 6.34. The fourth-order valence-electron chi connectivity index (χ4n) is 3.40. The summed E-state index contributed by atoms with van der Waals surface area (Å²) in [4.78, 5) is 19.3. The Bertz CT molecular complexity index is 984. The van der Waals surface area contributed by atoms with Crippen LogP contribution in [0.1, 0.15) is 21.6 Å². The molecule has 0 saturated heterocycles. The van der Waals surface area contributed by atoms with Gasteiger partial charge in [0.25, 0.3) is 5.91 Å². The lowest BCUT2D eigenvalue weighted by Gasteiger charge is -2.29. The second kappa shape index (κ2) is 6.67. The number of benzene rings is 2. The largest absolute Gasteiger partial charge is 0.493 e. The van der Waals surface area contributed by atoms with Crippen molar-refractivity contribution in [1.29, 1.82) is 0 Å². The molecule has 1 aromatic heterocycles. The van der Waals surface area contributed by atoms with Crippen LogP contribution in [-0.4, -0.2) is 36.6 Å². The van der Waals surface area contributed by atoms with E-state index in [4.69, 9.17) is 9.47 Å². The standard InChI is InChI=1S/C21H20N2O3/c1-25-19-11-15-9-10-23(13-16(15)12-20(19)26-2)21(24)18-8-7-14-5-3-4-6-17(14)22-18/h3-8,11-12H,9-10,13H2,1-2H3. The van der Waals surface area contributed by atoms with Crippen molar-refractivity contribution in [2.24, 2.45) is 0 Å². The monoisotopic (exact) mass is 348 g/mol. The van der Waals surface area contributed by atoms with Gasteiger partial charge in [0.05, 0.1) is 19.7 Å². The maximum Gasteiger partial charge on any atom is 0.272 e. The highest BCUT2D eigenvalue weighted by Crippen LogP contribution is 2.33. The van der Waals surface area contributed by atoms with Crippen molar-refractivity contribution in [3.05, 3.63) is 65.4 Å². The summed E-state index contributed by atoms with van der Waals surface area (Å²) in [5.41, 5.74) is 3.59. The topological polar surface area (TPSA) is 51.7 Å². The SMILES string of the molecule is COc1cc2c(cc1OC)CN(C(=O)c1ccc3ccccc3n1)CC2. The molecule has 0 N–H and O–H groups in total. The molecule has 0 unspecified atom stereocenters. The Morgan fingerprint density at radius 1 is 1.00 bits per heavy atom. The molecule has 0 spiro atoms. The number of fused-ring (bicyclic) bond motifs is 2. The minimum absolute atomic E-state index is 0.0452. The Morgan fingerprint density at radius 3 is 2.50 bits per heavy atom. The number of ether oxygens (including phenoxy) is 2. The highest BCUT2D eigenvalue weighted by Gasteiger charge is 2.24. The summed E-state index contributed by atoms with van der Waals surface area (Å²) in [6.07, 6.45) is 0.787. The lowest BCUT2D eigenvalue weighted by Crippen LogP contribution is -2.36. The van der Waals surface area contributed by atoms with Gasteiger partial charge in [-0.2, -0.15) is 0 Å². The van der Waals surface area contributed by atoms with Gasteiger partial charge in [0.15, 0.2) is 11.5 Å². The first-order valence-electron chi connectivity index (χ1n) is 8.58. The normalized spacial score (nSPS) is 13.4. The molecule has 0 saturated carbocycles. The van der Waals surface area contributed by atoms with Gasteiger partial charge in [-0.05, 0) is 41.8 Å². The van der Waals surface area contributed by atoms with Crippen molar-refractivity contribution in [3.8, 4) is 11.5 Å². The molecule has 3 aromatic rings. The van der Waals surface area contributed by atoms with E-state index in [2.05, 4.69) is 4.98 Å². The predicted molar refractivity (Wildman–Crippen MR) is 99.7 cm³/mol. The third-order valence-electron chi connectivity index (χ3n) is 4.82. The average Bonchev–Trinajstić information content (AvgIpc) is 2.71. The van der Waals surface area contributed by atoms with Crippen LogP contribution in [0.4, 0.5) is 0 Å². The lowest BCUT2D eigenvalue weighted by atomic mass is 9.98. The van der Waals surface area contributed by atoms with Crippen LogP contribution >= 0.6 is 0 Å². The zero-order chi connectivity index (χ0) is 18.1.